The zero-order valence-corrected chi connectivity index (χ0v) is 10.2. The first kappa shape index (κ1) is 13.7. The number of ketones is 1. The van der Waals surface area contributed by atoms with Gasteiger partial charge in [-0.25, -0.2) is 0 Å². The van der Waals surface area contributed by atoms with Crippen molar-refractivity contribution in [3.63, 3.8) is 0 Å². The van der Waals surface area contributed by atoms with Crippen molar-refractivity contribution in [1.29, 1.82) is 0 Å². The van der Waals surface area contributed by atoms with Crippen LogP contribution in [0.4, 0.5) is 0 Å². The van der Waals surface area contributed by atoms with E-state index < -0.39 is 0 Å². The van der Waals surface area contributed by atoms with E-state index in [0.717, 1.165) is 5.56 Å². The molecule has 1 aromatic rings. The maximum Gasteiger partial charge on any atom is 0.188 e. The van der Waals surface area contributed by atoms with E-state index in [0.29, 0.717) is 24.2 Å². The molecule has 1 aromatic carbocycles. The topological polar surface area (TPSA) is 55.8 Å². The van der Waals surface area contributed by atoms with Gasteiger partial charge in [0.2, 0.25) is 0 Å². The van der Waals surface area contributed by atoms with E-state index in [1.54, 1.807) is 6.07 Å². The summed E-state index contributed by atoms with van der Waals surface area (Å²) in [6, 6.07) is 5.47. The minimum absolute atomic E-state index is 0.0374. The number of ether oxygens (including phenoxy) is 2. The normalized spacial score (nSPS) is 10.3. The highest BCUT2D eigenvalue weighted by Crippen LogP contribution is 2.24. The molecule has 0 aliphatic heterocycles. The lowest BCUT2D eigenvalue weighted by Gasteiger charge is -2.12. The Balaban J connectivity index is 2.99. The van der Waals surface area contributed by atoms with Gasteiger partial charge in [0.1, 0.15) is 5.75 Å². The number of carbonyl (C=O) groups excluding carboxylic acids is 1. The van der Waals surface area contributed by atoms with Crippen molar-refractivity contribution in [2.24, 2.45) is 0 Å². The van der Waals surface area contributed by atoms with Crippen LogP contribution >= 0.6 is 0 Å². The van der Waals surface area contributed by atoms with Gasteiger partial charge in [-0.1, -0.05) is 12.1 Å². The number of Topliss-reactive ketones (excluding diaryl/α,β-unsaturated/α-hetero) is 1. The van der Waals surface area contributed by atoms with Crippen molar-refractivity contribution in [2.45, 2.75) is 19.8 Å². The van der Waals surface area contributed by atoms with Gasteiger partial charge in [-0.05, 0) is 31.4 Å². The molecule has 0 fully saturated rings. The van der Waals surface area contributed by atoms with Gasteiger partial charge in [0.05, 0.1) is 5.56 Å². The third-order valence-electron chi connectivity index (χ3n) is 2.40. The van der Waals surface area contributed by atoms with Gasteiger partial charge < -0.3 is 14.6 Å². The second kappa shape index (κ2) is 7.04. The third-order valence-corrected chi connectivity index (χ3v) is 2.40. The Labute approximate surface area is 101 Å². The maximum atomic E-state index is 11.6. The van der Waals surface area contributed by atoms with Crippen LogP contribution in [0.15, 0.2) is 18.2 Å². The van der Waals surface area contributed by atoms with Crippen LogP contribution in [0.5, 0.6) is 5.75 Å². The molecule has 17 heavy (non-hydrogen) atoms. The number of aliphatic hydroxyl groups is 1. The number of methoxy groups -OCH3 is 1. The van der Waals surface area contributed by atoms with Gasteiger partial charge in [0, 0.05) is 13.7 Å². The fraction of sp³-hybridized carbons (Fsp3) is 0.462. The van der Waals surface area contributed by atoms with Crippen molar-refractivity contribution >= 4 is 5.78 Å². The summed E-state index contributed by atoms with van der Waals surface area (Å²) in [7, 11) is 1.53. The monoisotopic (exact) mass is 238 g/mol. The molecule has 0 unspecified atom stereocenters. The molecule has 4 heteroatoms. The van der Waals surface area contributed by atoms with E-state index in [-0.39, 0.29) is 19.2 Å². The minimum atomic E-state index is -0.0374. The predicted octanol–water partition coefficient (Wildman–Crippen LogP) is 1.80. The fourth-order valence-corrected chi connectivity index (χ4v) is 1.70. The van der Waals surface area contributed by atoms with Crippen LogP contribution in [0.3, 0.4) is 0 Å². The van der Waals surface area contributed by atoms with Gasteiger partial charge in [-0.3, -0.25) is 4.79 Å². The Morgan fingerprint density at radius 2 is 2.18 bits per heavy atom. The number of benzene rings is 1. The molecule has 94 valence electrons. The summed E-state index contributed by atoms with van der Waals surface area (Å²) in [6.07, 6.45) is 1.30. The first-order valence-corrected chi connectivity index (χ1v) is 5.56. The van der Waals surface area contributed by atoms with Gasteiger partial charge in [-0.2, -0.15) is 0 Å². The summed E-state index contributed by atoms with van der Waals surface area (Å²) >= 11 is 0. The van der Waals surface area contributed by atoms with Gasteiger partial charge in [0.25, 0.3) is 0 Å². The van der Waals surface area contributed by atoms with Crippen LogP contribution in [0.1, 0.15) is 29.3 Å². The summed E-state index contributed by atoms with van der Waals surface area (Å²) in [4.78, 5) is 11.6. The summed E-state index contributed by atoms with van der Waals surface area (Å²) in [5.41, 5.74) is 1.48. The highest BCUT2D eigenvalue weighted by Gasteiger charge is 2.13. The summed E-state index contributed by atoms with van der Waals surface area (Å²) in [5, 5.41) is 8.83. The lowest BCUT2D eigenvalue weighted by atomic mass is 9.99. The maximum absolute atomic E-state index is 11.6. The smallest absolute Gasteiger partial charge is 0.188 e. The Bertz CT molecular complexity index is 347. The van der Waals surface area contributed by atoms with E-state index in [1.807, 2.05) is 12.1 Å². The lowest BCUT2D eigenvalue weighted by Crippen LogP contribution is -2.07. The number of hydrogen-bond donors (Lipinski definition) is 1. The molecule has 0 saturated carbocycles. The average Bonchev–Trinajstić information content (AvgIpc) is 2.33. The minimum Gasteiger partial charge on any atom is -0.467 e. The molecule has 0 aliphatic rings. The number of rotatable bonds is 7. The van der Waals surface area contributed by atoms with Crippen molar-refractivity contribution in [1.82, 2.24) is 0 Å². The molecule has 0 spiro atoms. The summed E-state index contributed by atoms with van der Waals surface area (Å²) in [6.45, 7) is 1.74. The second-order valence-corrected chi connectivity index (χ2v) is 3.72. The molecular formula is C13H18O4. The zero-order chi connectivity index (χ0) is 12.7. The number of carbonyl (C=O) groups is 1. The zero-order valence-electron chi connectivity index (χ0n) is 10.2. The average molecular weight is 238 g/mol. The van der Waals surface area contributed by atoms with Crippen LogP contribution < -0.4 is 4.74 Å². The molecule has 0 radical (unpaired) electrons. The fourth-order valence-electron chi connectivity index (χ4n) is 1.70. The van der Waals surface area contributed by atoms with Gasteiger partial charge in [0.15, 0.2) is 12.6 Å². The van der Waals surface area contributed by atoms with Crippen molar-refractivity contribution in [3.8, 4) is 5.75 Å². The quantitative estimate of drug-likeness (QED) is 0.581. The summed E-state index contributed by atoms with van der Waals surface area (Å²) < 4.78 is 10.2. The molecule has 1 N–H and O–H groups in total. The molecule has 4 nitrogen and oxygen atoms in total. The Morgan fingerprint density at radius 1 is 1.41 bits per heavy atom. The molecule has 0 amide bonds. The van der Waals surface area contributed by atoms with Crippen LogP contribution in [0.25, 0.3) is 0 Å². The molecular weight excluding hydrogens is 220 g/mol. The van der Waals surface area contributed by atoms with E-state index in [1.165, 1.54) is 14.0 Å². The molecule has 0 saturated heterocycles. The number of aryl methyl sites for hydroxylation is 1. The number of hydrogen-bond acceptors (Lipinski definition) is 4. The molecule has 0 bridgehead atoms. The van der Waals surface area contributed by atoms with Gasteiger partial charge >= 0.3 is 0 Å². The largest absolute Gasteiger partial charge is 0.467 e. The van der Waals surface area contributed by atoms with Crippen LogP contribution in [0, 0.1) is 0 Å². The van der Waals surface area contributed by atoms with Crippen molar-refractivity contribution < 1.29 is 19.4 Å². The third kappa shape index (κ3) is 3.84. The molecule has 0 atom stereocenters. The summed E-state index contributed by atoms with van der Waals surface area (Å²) in [5.74, 6) is 0.499. The van der Waals surface area contributed by atoms with Crippen LogP contribution in [-0.2, 0) is 11.2 Å². The Kier molecular flexibility index (Phi) is 5.66. The first-order chi connectivity index (χ1) is 8.20. The standard InChI is InChI=1S/C13H18O4/c1-10(15)13-11(6-4-8-14)5-3-7-12(13)17-9-16-2/h3,5,7,14H,4,6,8-9H2,1-2H3. The predicted molar refractivity (Wildman–Crippen MR) is 64.4 cm³/mol. The van der Waals surface area contributed by atoms with E-state index >= 15 is 0 Å². The highest BCUT2D eigenvalue weighted by molar-refractivity contribution is 5.98. The van der Waals surface area contributed by atoms with Crippen molar-refractivity contribution in [2.75, 3.05) is 20.5 Å². The Hall–Kier alpha value is -1.39. The Morgan fingerprint density at radius 3 is 2.76 bits per heavy atom. The second-order valence-electron chi connectivity index (χ2n) is 3.72. The first-order valence-electron chi connectivity index (χ1n) is 5.56. The van der Waals surface area contributed by atoms with Crippen molar-refractivity contribution in [3.05, 3.63) is 29.3 Å². The van der Waals surface area contributed by atoms with E-state index in [4.69, 9.17) is 14.6 Å². The molecule has 1 rings (SSSR count). The number of aliphatic hydroxyl groups excluding tert-OH is 1. The molecule has 0 aromatic heterocycles. The van der Waals surface area contributed by atoms with Crippen LogP contribution in [0.2, 0.25) is 0 Å². The SMILES string of the molecule is COCOc1cccc(CCCO)c1C(C)=O. The van der Waals surface area contributed by atoms with Crippen LogP contribution in [-0.4, -0.2) is 31.4 Å². The molecule has 0 heterocycles. The lowest BCUT2D eigenvalue weighted by molar-refractivity contribution is 0.0502. The van der Waals surface area contributed by atoms with E-state index in [9.17, 15) is 4.79 Å². The highest BCUT2D eigenvalue weighted by atomic mass is 16.7. The molecule has 0 aliphatic carbocycles. The van der Waals surface area contributed by atoms with E-state index in [2.05, 4.69) is 0 Å². The van der Waals surface area contributed by atoms with Gasteiger partial charge in [-0.15, -0.1) is 0 Å².